The Hall–Kier alpha value is -1.87. The summed E-state index contributed by atoms with van der Waals surface area (Å²) in [6.45, 7) is 3.59. The van der Waals surface area contributed by atoms with E-state index in [0.29, 0.717) is 6.54 Å². The van der Waals surface area contributed by atoms with E-state index in [4.69, 9.17) is 0 Å². The first-order valence-electron chi connectivity index (χ1n) is 7.38. The van der Waals surface area contributed by atoms with Crippen LogP contribution in [0.5, 0.6) is 0 Å². The van der Waals surface area contributed by atoms with Gasteiger partial charge in [-0.15, -0.1) is 0 Å². The first kappa shape index (κ1) is 15.5. The van der Waals surface area contributed by atoms with Gasteiger partial charge in [0.1, 0.15) is 5.82 Å². The van der Waals surface area contributed by atoms with E-state index in [1.165, 1.54) is 0 Å². The number of hydrogen-bond donors (Lipinski definition) is 1. The lowest BCUT2D eigenvalue weighted by Crippen LogP contribution is -2.14. The lowest BCUT2D eigenvalue weighted by Gasteiger charge is -2.13. The van der Waals surface area contributed by atoms with Crippen molar-refractivity contribution < 1.29 is 4.39 Å². The molecule has 0 unspecified atom stereocenters. The SMILES string of the molecule is CCCNCc1ccc(-c2ccc(N(C)C)cc2)cc1F. The molecule has 0 spiro atoms. The molecular weight excluding hydrogens is 263 g/mol. The first-order valence-corrected chi connectivity index (χ1v) is 7.38. The molecule has 0 amide bonds. The molecule has 21 heavy (non-hydrogen) atoms. The summed E-state index contributed by atoms with van der Waals surface area (Å²) in [5.41, 5.74) is 3.81. The minimum atomic E-state index is -0.146. The Bertz CT molecular complexity index is 576. The molecule has 0 aliphatic carbocycles. The fourth-order valence-corrected chi connectivity index (χ4v) is 2.22. The summed E-state index contributed by atoms with van der Waals surface area (Å²) in [4.78, 5) is 2.05. The van der Waals surface area contributed by atoms with Crippen LogP contribution in [0.1, 0.15) is 18.9 Å². The quantitative estimate of drug-likeness (QED) is 0.806. The Morgan fingerprint density at radius 3 is 2.24 bits per heavy atom. The molecule has 2 nitrogen and oxygen atoms in total. The van der Waals surface area contributed by atoms with E-state index in [0.717, 1.165) is 35.3 Å². The molecule has 0 atom stereocenters. The van der Waals surface area contributed by atoms with Crippen molar-refractivity contribution in [2.24, 2.45) is 0 Å². The number of benzene rings is 2. The molecule has 1 N–H and O–H groups in total. The normalized spacial score (nSPS) is 10.7. The van der Waals surface area contributed by atoms with E-state index in [1.807, 2.05) is 55.4 Å². The maximum atomic E-state index is 14.1. The lowest BCUT2D eigenvalue weighted by molar-refractivity contribution is 0.587. The van der Waals surface area contributed by atoms with Gasteiger partial charge in [0.25, 0.3) is 0 Å². The number of nitrogens with one attached hydrogen (secondary N) is 1. The van der Waals surface area contributed by atoms with Crippen LogP contribution in [0.15, 0.2) is 42.5 Å². The van der Waals surface area contributed by atoms with Crippen molar-refractivity contribution in [1.29, 1.82) is 0 Å². The Morgan fingerprint density at radius 1 is 1.00 bits per heavy atom. The molecule has 0 fully saturated rings. The van der Waals surface area contributed by atoms with Gasteiger partial charge in [-0.3, -0.25) is 0 Å². The second-order valence-corrected chi connectivity index (χ2v) is 5.42. The summed E-state index contributed by atoms with van der Waals surface area (Å²) in [5.74, 6) is -0.146. The maximum Gasteiger partial charge on any atom is 0.128 e. The van der Waals surface area contributed by atoms with Gasteiger partial charge in [-0.1, -0.05) is 31.2 Å². The topological polar surface area (TPSA) is 15.3 Å². The van der Waals surface area contributed by atoms with Crippen LogP contribution in [-0.4, -0.2) is 20.6 Å². The summed E-state index contributed by atoms with van der Waals surface area (Å²) in [6, 6.07) is 13.6. The van der Waals surface area contributed by atoms with Gasteiger partial charge in [-0.2, -0.15) is 0 Å². The molecule has 0 heterocycles. The van der Waals surface area contributed by atoms with Gasteiger partial charge in [0, 0.05) is 31.9 Å². The Kier molecular flexibility index (Phi) is 5.34. The molecule has 0 saturated heterocycles. The summed E-state index contributed by atoms with van der Waals surface area (Å²) in [5, 5.41) is 3.23. The zero-order valence-corrected chi connectivity index (χ0v) is 13.0. The number of halogens is 1. The average Bonchev–Trinajstić information content (AvgIpc) is 2.49. The predicted molar refractivity (Wildman–Crippen MR) is 88.2 cm³/mol. The van der Waals surface area contributed by atoms with Crippen molar-refractivity contribution in [1.82, 2.24) is 5.32 Å². The molecule has 3 heteroatoms. The van der Waals surface area contributed by atoms with E-state index >= 15 is 0 Å². The van der Waals surface area contributed by atoms with Gasteiger partial charge in [-0.05, 0) is 42.3 Å². The minimum absolute atomic E-state index is 0.146. The minimum Gasteiger partial charge on any atom is -0.378 e. The number of nitrogens with zero attached hydrogens (tertiary/aromatic N) is 1. The fraction of sp³-hybridized carbons (Fsp3) is 0.333. The standard InChI is InChI=1S/C18H23FN2/c1-4-11-20-13-16-6-5-15(12-18(16)19)14-7-9-17(10-8-14)21(2)3/h5-10,12,20H,4,11,13H2,1-3H3. The highest BCUT2D eigenvalue weighted by Crippen LogP contribution is 2.24. The Labute approximate surface area is 126 Å². The van der Waals surface area contributed by atoms with Gasteiger partial charge in [0.15, 0.2) is 0 Å². The fourth-order valence-electron chi connectivity index (χ4n) is 2.22. The molecule has 2 aromatic rings. The maximum absolute atomic E-state index is 14.1. The van der Waals surface area contributed by atoms with Crippen molar-refractivity contribution in [3.05, 3.63) is 53.8 Å². The number of hydrogen-bond acceptors (Lipinski definition) is 2. The molecule has 0 bridgehead atoms. The van der Waals surface area contributed by atoms with Gasteiger partial charge in [-0.25, -0.2) is 4.39 Å². The smallest absolute Gasteiger partial charge is 0.128 e. The molecule has 0 aromatic heterocycles. The third kappa shape index (κ3) is 4.05. The highest BCUT2D eigenvalue weighted by Gasteiger charge is 2.05. The molecule has 112 valence electrons. The van der Waals surface area contributed by atoms with E-state index < -0.39 is 0 Å². The van der Waals surface area contributed by atoms with Crippen molar-refractivity contribution in [3.8, 4) is 11.1 Å². The molecule has 0 aliphatic heterocycles. The van der Waals surface area contributed by atoms with Crippen LogP contribution in [0.2, 0.25) is 0 Å². The number of anilines is 1. The first-order chi connectivity index (χ1) is 10.1. The Morgan fingerprint density at radius 2 is 1.67 bits per heavy atom. The number of rotatable bonds is 6. The molecule has 0 saturated carbocycles. The van der Waals surface area contributed by atoms with Crippen molar-refractivity contribution in [2.75, 3.05) is 25.5 Å². The van der Waals surface area contributed by atoms with Crippen LogP contribution < -0.4 is 10.2 Å². The van der Waals surface area contributed by atoms with Crippen molar-refractivity contribution in [3.63, 3.8) is 0 Å². The molecule has 0 radical (unpaired) electrons. The molecular formula is C18H23FN2. The van der Waals surface area contributed by atoms with E-state index in [2.05, 4.69) is 12.2 Å². The van der Waals surface area contributed by atoms with Crippen molar-refractivity contribution >= 4 is 5.69 Å². The van der Waals surface area contributed by atoms with E-state index in [-0.39, 0.29) is 5.82 Å². The van der Waals surface area contributed by atoms with Gasteiger partial charge in [0.05, 0.1) is 0 Å². The Balaban J connectivity index is 2.15. The van der Waals surface area contributed by atoms with Crippen LogP contribution in [0.4, 0.5) is 10.1 Å². The summed E-state index contributed by atoms with van der Waals surface area (Å²) < 4.78 is 14.1. The lowest BCUT2D eigenvalue weighted by atomic mass is 10.0. The van der Waals surface area contributed by atoms with Crippen LogP contribution in [0.25, 0.3) is 11.1 Å². The zero-order chi connectivity index (χ0) is 15.2. The monoisotopic (exact) mass is 286 g/mol. The van der Waals surface area contributed by atoms with Gasteiger partial charge >= 0.3 is 0 Å². The van der Waals surface area contributed by atoms with Crippen LogP contribution in [0.3, 0.4) is 0 Å². The van der Waals surface area contributed by atoms with E-state index in [9.17, 15) is 4.39 Å². The molecule has 0 aliphatic rings. The average molecular weight is 286 g/mol. The third-order valence-corrected chi connectivity index (χ3v) is 3.51. The van der Waals surface area contributed by atoms with Crippen LogP contribution >= 0.6 is 0 Å². The highest BCUT2D eigenvalue weighted by atomic mass is 19.1. The second kappa shape index (κ2) is 7.23. The zero-order valence-electron chi connectivity index (χ0n) is 13.0. The van der Waals surface area contributed by atoms with E-state index in [1.54, 1.807) is 6.07 Å². The third-order valence-electron chi connectivity index (χ3n) is 3.51. The molecule has 2 rings (SSSR count). The van der Waals surface area contributed by atoms with Crippen LogP contribution in [-0.2, 0) is 6.54 Å². The van der Waals surface area contributed by atoms with Crippen LogP contribution in [0, 0.1) is 5.82 Å². The highest BCUT2D eigenvalue weighted by molar-refractivity contribution is 5.66. The van der Waals surface area contributed by atoms with Gasteiger partial charge in [0.2, 0.25) is 0 Å². The van der Waals surface area contributed by atoms with Gasteiger partial charge < -0.3 is 10.2 Å². The summed E-state index contributed by atoms with van der Waals surface area (Å²) in [7, 11) is 4.01. The second-order valence-electron chi connectivity index (χ2n) is 5.42. The predicted octanol–water partition coefficient (Wildman–Crippen LogP) is 4.06. The van der Waals surface area contributed by atoms with Crippen molar-refractivity contribution in [2.45, 2.75) is 19.9 Å². The largest absolute Gasteiger partial charge is 0.378 e. The summed E-state index contributed by atoms with van der Waals surface area (Å²) in [6.07, 6.45) is 1.05. The summed E-state index contributed by atoms with van der Waals surface area (Å²) >= 11 is 0. The molecule has 2 aromatic carbocycles.